The lowest BCUT2D eigenvalue weighted by molar-refractivity contribution is -0.114. The van der Waals surface area contributed by atoms with E-state index >= 15 is 0 Å². The molecule has 1 fully saturated rings. The van der Waals surface area contributed by atoms with E-state index in [0.717, 1.165) is 30.6 Å². The molecule has 1 heterocycles. The van der Waals surface area contributed by atoms with Crippen LogP contribution in [0.2, 0.25) is 0 Å². The number of benzene rings is 2. The predicted octanol–water partition coefficient (Wildman–Crippen LogP) is 3.92. The van der Waals surface area contributed by atoms with E-state index in [1.165, 1.54) is 11.8 Å². The molecule has 0 aromatic heterocycles. The van der Waals surface area contributed by atoms with Crippen LogP contribution in [-0.4, -0.2) is 44.0 Å². The first-order chi connectivity index (χ1) is 15.0. The van der Waals surface area contributed by atoms with Crippen LogP contribution in [0.5, 0.6) is 0 Å². The number of para-hydroxylation sites is 1. The van der Waals surface area contributed by atoms with Gasteiger partial charge in [-0.15, -0.1) is 11.8 Å². The maximum atomic E-state index is 12.8. The number of anilines is 2. The Morgan fingerprint density at radius 3 is 2.39 bits per heavy atom. The van der Waals surface area contributed by atoms with Crippen LogP contribution in [0.25, 0.3) is 0 Å². The Bertz CT molecular complexity index is 1030. The van der Waals surface area contributed by atoms with Gasteiger partial charge in [-0.2, -0.15) is 9.57 Å². The van der Waals surface area contributed by atoms with Gasteiger partial charge in [0.2, 0.25) is 15.9 Å². The van der Waals surface area contributed by atoms with Crippen LogP contribution in [0.1, 0.15) is 25.7 Å². The largest absolute Gasteiger partial charge is 0.376 e. The number of hydrogen-bond donors (Lipinski definition) is 2. The van der Waals surface area contributed by atoms with Crippen molar-refractivity contribution in [3.05, 3.63) is 48.5 Å². The SMILES string of the molecule is N#CCSc1ccccc1NC(=O)CNc1ccc(S(=O)(=O)N2CCCCCC2)cc1. The molecule has 0 atom stereocenters. The maximum Gasteiger partial charge on any atom is 0.243 e. The second kappa shape index (κ2) is 11.2. The van der Waals surface area contributed by atoms with Crippen LogP contribution in [-0.2, 0) is 14.8 Å². The monoisotopic (exact) mass is 458 g/mol. The predicted molar refractivity (Wildman–Crippen MR) is 124 cm³/mol. The van der Waals surface area contributed by atoms with E-state index in [0.29, 0.717) is 30.2 Å². The summed E-state index contributed by atoms with van der Waals surface area (Å²) in [5.74, 6) is 0.0731. The summed E-state index contributed by atoms with van der Waals surface area (Å²) in [6, 6.07) is 15.9. The van der Waals surface area contributed by atoms with Crippen LogP contribution in [0.15, 0.2) is 58.3 Å². The zero-order chi connectivity index (χ0) is 22.1. The summed E-state index contributed by atoms with van der Waals surface area (Å²) in [6.45, 7) is 1.17. The second-order valence-corrected chi connectivity index (χ2v) is 10.1. The number of sulfonamides is 1. The molecule has 1 aliphatic rings. The molecule has 1 amide bonds. The molecule has 0 spiro atoms. The van der Waals surface area contributed by atoms with Gasteiger partial charge in [0.05, 0.1) is 28.9 Å². The van der Waals surface area contributed by atoms with E-state index in [4.69, 9.17) is 5.26 Å². The molecule has 7 nitrogen and oxygen atoms in total. The third kappa shape index (κ3) is 6.47. The fraction of sp³-hybridized carbons (Fsp3) is 0.364. The number of thioether (sulfide) groups is 1. The molecular weight excluding hydrogens is 432 g/mol. The Hall–Kier alpha value is -2.54. The minimum Gasteiger partial charge on any atom is -0.376 e. The Morgan fingerprint density at radius 1 is 1.03 bits per heavy atom. The fourth-order valence-corrected chi connectivity index (χ4v) is 5.54. The number of amides is 1. The Balaban J connectivity index is 1.57. The van der Waals surface area contributed by atoms with Crippen LogP contribution in [0.3, 0.4) is 0 Å². The summed E-state index contributed by atoms with van der Waals surface area (Å²) in [5.41, 5.74) is 1.32. The van der Waals surface area contributed by atoms with Crippen molar-refractivity contribution >= 4 is 39.1 Å². The lowest BCUT2D eigenvalue weighted by Crippen LogP contribution is -2.31. The van der Waals surface area contributed by atoms with E-state index < -0.39 is 10.0 Å². The average molecular weight is 459 g/mol. The van der Waals surface area contributed by atoms with Crippen molar-refractivity contribution in [2.45, 2.75) is 35.5 Å². The summed E-state index contributed by atoms with van der Waals surface area (Å²) in [5, 5.41) is 14.6. The molecule has 3 rings (SSSR count). The molecule has 164 valence electrons. The van der Waals surface area contributed by atoms with Crippen LogP contribution in [0, 0.1) is 11.3 Å². The molecule has 0 bridgehead atoms. The van der Waals surface area contributed by atoms with E-state index in [9.17, 15) is 13.2 Å². The summed E-state index contributed by atoms with van der Waals surface area (Å²) in [4.78, 5) is 13.4. The van der Waals surface area contributed by atoms with Gasteiger partial charge in [-0.05, 0) is 49.2 Å². The number of carbonyl (C=O) groups is 1. The highest BCUT2D eigenvalue weighted by atomic mass is 32.2. The van der Waals surface area contributed by atoms with Gasteiger partial charge in [0.25, 0.3) is 0 Å². The molecule has 2 aromatic carbocycles. The number of nitriles is 1. The highest BCUT2D eigenvalue weighted by Crippen LogP contribution is 2.26. The number of rotatable bonds is 8. The maximum absolute atomic E-state index is 12.8. The highest BCUT2D eigenvalue weighted by molar-refractivity contribution is 7.99. The van der Waals surface area contributed by atoms with Crippen LogP contribution < -0.4 is 10.6 Å². The number of hydrogen-bond acceptors (Lipinski definition) is 6. The zero-order valence-corrected chi connectivity index (χ0v) is 18.8. The normalized spacial score (nSPS) is 14.9. The van der Waals surface area contributed by atoms with Crippen molar-refractivity contribution < 1.29 is 13.2 Å². The zero-order valence-electron chi connectivity index (χ0n) is 17.2. The molecule has 0 saturated carbocycles. The molecule has 31 heavy (non-hydrogen) atoms. The Labute approximate surface area is 187 Å². The molecule has 0 aliphatic carbocycles. The van der Waals surface area contributed by atoms with Gasteiger partial charge in [0.1, 0.15) is 0 Å². The molecule has 0 unspecified atom stereocenters. The molecule has 0 radical (unpaired) electrons. The molecule has 2 aromatic rings. The number of nitrogens with one attached hydrogen (secondary N) is 2. The minimum absolute atomic E-state index is 0.0372. The topological polar surface area (TPSA) is 102 Å². The number of carbonyl (C=O) groups excluding carboxylic acids is 1. The smallest absolute Gasteiger partial charge is 0.243 e. The van der Waals surface area contributed by atoms with Gasteiger partial charge in [-0.3, -0.25) is 4.79 Å². The molecule has 1 aliphatic heterocycles. The lowest BCUT2D eigenvalue weighted by atomic mass is 10.2. The molecule has 2 N–H and O–H groups in total. The third-order valence-electron chi connectivity index (χ3n) is 4.96. The molecule has 9 heteroatoms. The minimum atomic E-state index is -3.49. The van der Waals surface area contributed by atoms with Gasteiger partial charge >= 0.3 is 0 Å². The van der Waals surface area contributed by atoms with Crippen molar-refractivity contribution in [1.29, 1.82) is 5.26 Å². The average Bonchev–Trinajstić information content (AvgIpc) is 3.08. The van der Waals surface area contributed by atoms with E-state index in [2.05, 4.69) is 16.7 Å². The standard InChI is InChI=1S/C22H26N4O3S2/c23-13-16-30-21-8-4-3-7-20(21)25-22(27)17-24-18-9-11-19(12-10-18)31(28,29)26-14-5-1-2-6-15-26/h3-4,7-12,24H,1-2,5-6,14-17H2,(H,25,27). The van der Waals surface area contributed by atoms with Crippen LogP contribution in [0.4, 0.5) is 11.4 Å². The van der Waals surface area contributed by atoms with Crippen molar-refractivity contribution in [1.82, 2.24) is 4.31 Å². The van der Waals surface area contributed by atoms with E-state index in [1.54, 1.807) is 34.6 Å². The fourth-order valence-electron chi connectivity index (χ4n) is 3.36. The van der Waals surface area contributed by atoms with Crippen molar-refractivity contribution in [2.24, 2.45) is 0 Å². The van der Waals surface area contributed by atoms with Crippen molar-refractivity contribution in [2.75, 3.05) is 36.0 Å². The Kier molecular flexibility index (Phi) is 8.35. The van der Waals surface area contributed by atoms with Gasteiger partial charge in [-0.25, -0.2) is 8.42 Å². The third-order valence-corrected chi connectivity index (χ3v) is 7.82. The summed E-state index contributed by atoms with van der Waals surface area (Å²) >= 11 is 1.36. The first-order valence-corrected chi connectivity index (χ1v) is 12.7. The first-order valence-electron chi connectivity index (χ1n) is 10.2. The lowest BCUT2D eigenvalue weighted by Gasteiger charge is -2.20. The second-order valence-electron chi connectivity index (χ2n) is 7.19. The highest BCUT2D eigenvalue weighted by Gasteiger charge is 2.24. The van der Waals surface area contributed by atoms with E-state index in [1.807, 2.05) is 18.2 Å². The quantitative estimate of drug-likeness (QED) is 0.582. The van der Waals surface area contributed by atoms with Crippen molar-refractivity contribution in [3.8, 4) is 6.07 Å². The molecular formula is C22H26N4O3S2. The van der Waals surface area contributed by atoms with Gasteiger partial charge < -0.3 is 10.6 Å². The van der Waals surface area contributed by atoms with Crippen LogP contribution >= 0.6 is 11.8 Å². The summed E-state index contributed by atoms with van der Waals surface area (Å²) < 4.78 is 27.3. The van der Waals surface area contributed by atoms with Gasteiger partial charge in [0.15, 0.2) is 0 Å². The summed E-state index contributed by atoms with van der Waals surface area (Å²) in [6.07, 6.45) is 3.93. The Morgan fingerprint density at radius 2 is 1.71 bits per heavy atom. The first kappa shape index (κ1) is 23.1. The van der Waals surface area contributed by atoms with E-state index in [-0.39, 0.29) is 17.3 Å². The van der Waals surface area contributed by atoms with Crippen molar-refractivity contribution in [3.63, 3.8) is 0 Å². The number of nitrogens with zero attached hydrogens (tertiary/aromatic N) is 2. The molecule has 1 saturated heterocycles. The van der Waals surface area contributed by atoms with Gasteiger partial charge in [0, 0.05) is 23.7 Å². The van der Waals surface area contributed by atoms with Gasteiger partial charge in [-0.1, -0.05) is 25.0 Å². The summed E-state index contributed by atoms with van der Waals surface area (Å²) in [7, 11) is -3.49.